The van der Waals surface area contributed by atoms with Crippen molar-refractivity contribution in [2.24, 2.45) is 0 Å². The van der Waals surface area contributed by atoms with Crippen molar-refractivity contribution < 1.29 is 13.2 Å². The number of nitrogens with one attached hydrogen (secondary N) is 2. The first-order valence-corrected chi connectivity index (χ1v) is 11.3. The molecule has 0 aliphatic heterocycles. The zero-order chi connectivity index (χ0) is 20.0. The van der Waals surface area contributed by atoms with E-state index in [0.717, 1.165) is 17.7 Å². The Labute approximate surface area is 166 Å². The Morgan fingerprint density at radius 1 is 1.11 bits per heavy atom. The van der Waals surface area contributed by atoms with Crippen molar-refractivity contribution >= 4 is 33.4 Å². The monoisotopic (exact) mass is 406 g/mol. The molecule has 146 valence electrons. The van der Waals surface area contributed by atoms with E-state index in [-0.39, 0.29) is 10.8 Å². The van der Waals surface area contributed by atoms with Gasteiger partial charge in [0.1, 0.15) is 0 Å². The molecule has 0 spiro atoms. The van der Waals surface area contributed by atoms with Gasteiger partial charge in [-0.15, -0.1) is 11.8 Å². The molecule has 5 nitrogen and oxygen atoms in total. The number of hydrogen-bond donors (Lipinski definition) is 2. The quantitative estimate of drug-likeness (QED) is 0.636. The molecule has 0 heterocycles. The predicted molar refractivity (Wildman–Crippen MR) is 112 cm³/mol. The fraction of sp³-hybridized carbons (Fsp3) is 0.350. The minimum Gasteiger partial charge on any atom is -0.322 e. The summed E-state index contributed by atoms with van der Waals surface area (Å²) in [5, 5.41) is 3.43. The third-order valence-electron chi connectivity index (χ3n) is 4.12. The first-order chi connectivity index (χ1) is 12.8. The van der Waals surface area contributed by atoms with Crippen LogP contribution in [0.15, 0.2) is 52.3 Å². The molecule has 0 aromatic heterocycles. The van der Waals surface area contributed by atoms with Gasteiger partial charge in [-0.3, -0.25) is 4.79 Å². The van der Waals surface area contributed by atoms with E-state index in [9.17, 15) is 13.2 Å². The minimum absolute atomic E-state index is 0.142. The number of sulfonamides is 1. The van der Waals surface area contributed by atoms with Gasteiger partial charge in [0.25, 0.3) is 5.91 Å². The first kappa shape index (κ1) is 21.5. The second kappa shape index (κ2) is 9.39. The number of aryl methyl sites for hydroxylation is 1. The molecule has 0 radical (unpaired) electrons. The smallest absolute Gasteiger partial charge is 0.255 e. The Kier molecular flexibility index (Phi) is 7.47. The number of amides is 1. The van der Waals surface area contributed by atoms with Gasteiger partial charge in [-0.2, -0.15) is 0 Å². The van der Waals surface area contributed by atoms with Crippen molar-refractivity contribution in [3.8, 4) is 0 Å². The van der Waals surface area contributed by atoms with E-state index in [1.54, 1.807) is 6.92 Å². The Morgan fingerprint density at radius 2 is 1.78 bits per heavy atom. The lowest BCUT2D eigenvalue weighted by Gasteiger charge is -2.12. The molecule has 0 fully saturated rings. The van der Waals surface area contributed by atoms with Gasteiger partial charge in [0, 0.05) is 27.9 Å². The highest BCUT2D eigenvalue weighted by Crippen LogP contribution is 2.28. The maximum atomic E-state index is 12.5. The molecule has 2 aromatic rings. The molecule has 1 amide bonds. The van der Waals surface area contributed by atoms with E-state index in [1.165, 1.54) is 29.2 Å². The van der Waals surface area contributed by atoms with Crippen LogP contribution in [0, 0.1) is 6.92 Å². The van der Waals surface area contributed by atoms with Crippen LogP contribution in [-0.2, 0) is 10.0 Å². The summed E-state index contributed by atoms with van der Waals surface area (Å²) in [6, 6.07) is 11.9. The molecule has 0 saturated heterocycles. The molecule has 7 heteroatoms. The Morgan fingerprint density at radius 3 is 2.33 bits per heavy atom. The second-order valence-corrected chi connectivity index (χ2v) is 9.57. The number of hydrogen-bond acceptors (Lipinski definition) is 4. The van der Waals surface area contributed by atoms with Crippen LogP contribution in [0.3, 0.4) is 0 Å². The van der Waals surface area contributed by atoms with Crippen molar-refractivity contribution in [2.75, 3.05) is 11.9 Å². The fourth-order valence-corrected chi connectivity index (χ4v) is 4.48. The molecule has 0 saturated carbocycles. The highest BCUT2D eigenvalue weighted by atomic mass is 32.2. The molecule has 0 aliphatic carbocycles. The van der Waals surface area contributed by atoms with Crippen LogP contribution in [0.5, 0.6) is 0 Å². The molecule has 2 aromatic carbocycles. The summed E-state index contributed by atoms with van der Waals surface area (Å²) in [4.78, 5) is 13.8. The topological polar surface area (TPSA) is 75.3 Å². The summed E-state index contributed by atoms with van der Waals surface area (Å²) in [5.74, 6) is -0.271. The summed E-state index contributed by atoms with van der Waals surface area (Å²) in [6.07, 6.45) is 1.10. The van der Waals surface area contributed by atoms with Crippen LogP contribution in [-0.4, -0.2) is 26.1 Å². The summed E-state index contributed by atoms with van der Waals surface area (Å²) in [7, 11) is -3.52. The molecule has 2 N–H and O–H groups in total. The second-order valence-electron chi connectivity index (χ2n) is 6.29. The van der Waals surface area contributed by atoms with Crippen LogP contribution in [0.25, 0.3) is 0 Å². The summed E-state index contributed by atoms with van der Waals surface area (Å²) >= 11 is 1.81. The maximum absolute atomic E-state index is 12.5. The van der Waals surface area contributed by atoms with E-state index in [1.807, 2.05) is 30.8 Å². The van der Waals surface area contributed by atoms with Crippen LogP contribution in [0.4, 0.5) is 5.69 Å². The van der Waals surface area contributed by atoms with Crippen molar-refractivity contribution in [3.63, 3.8) is 0 Å². The largest absolute Gasteiger partial charge is 0.322 e. The average Bonchev–Trinajstić information content (AvgIpc) is 2.63. The highest BCUT2D eigenvalue weighted by Gasteiger charge is 2.14. The molecular formula is C20H26N2O3S2. The summed E-state index contributed by atoms with van der Waals surface area (Å²) < 4.78 is 26.4. The number of thioether (sulfide) groups is 1. The van der Waals surface area contributed by atoms with Crippen molar-refractivity contribution in [3.05, 3.63) is 53.6 Å². The van der Waals surface area contributed by atoms with Gasteiger partial charge in [0.15, 0.2) is 0 Å². The SMILES string of the molecule is CCNS(=O)(=O)c1ccc(C(=O)Nc2ccc(SC(C)CC)cc2C)cc1. The molecule has 0 aliphatic rings. The standard InChI is InChI=1S/C20H26N2O3S2/c1-5-15(4)26-17-9-12-19(14(3)13-17)22-20(23)16-7-10-18(11-8-16)27(24,25)21-6-2/h7-13,15,21H,5-6H2,1-4H3,(H,22,23). The number of anilines is 1. The zero-order valence-corrected chi connectivity index (χ0v) is 17.7. The average molecular weight is 407 g/mol. The van der Waals surface area contributed by atoms with E-state index in [4.69, 9.17) is 0 Å². The van der Waals surface area contributed by atoms with E-state index < -0.39 is 10.0 Å². The molecule has 1 unspecified atom stereocenters. The highest BCUT2D eigenvalue weighted by molar-refractivity contribution is 7.99. The number of benzene rings is 2. The lowest BCUT2D eigenvalue weighted by Crippen LogP contribution is -2.23. The molecule has 2 rings (SSSR count). The number of rotatable bonds is 8. The summed E-state index contributed by atoms with van der Waals surface area (Å²) in [5.41, 5.74) is 2.14. The van der Waals surface area contributed by atoms with Gasteiger partial charge in [-0.05, 0) is 61.4 Å². The molecule has 27 heavy (non-hydrogen) atoms. The number of carbonyl (C=O) groups is 1. The van der Waals surface area contributed by atoms with E-state index in [2.05, 4.69) is 30.0 Å². The lowest BCUT2D eigenvalue weighted by molar-refractivity contribution is 0.102. The Hall–Kier alpha value is -1.83. The number of carbonyl (C=O) groups excluding carboxylic acids is 1. The molecule has 0 bridgehead atoms. The van der Waals surface area contributed by atoms with Gasteiger partial charge in [0.2, 0.25) is 10.0 Å². The van der Waals surface area contributed by atoms with E-state index in [0.29, 0.717) is 17.4 Å². The first-order valence-electron chi connectivity index (χ1n) is 8.95. The fourth-order valence-electron chi connectivity index (χ4n) is 2.42. The normalized spacial score (nSPS) is 12.6. The van der Waals surface area contributed by atoms with Gasteiger partial charge < -0.3 is 5.32 Å². The van der Waals surface area contributed by atoms with E-state index >= 15 is 0 Å². The van der Waals surface area contributed by atoms with Crippen LogP contribution in [0.2, 0.25) is 0 Å². The van der Waals surface area contributed by atoms with Crippen LogP contribution < -0.4 is 10.0 Å². The predicted octanol–water partition coefficient (Wildman–Crippen LogP) is 4.44. The van der Waals surface area contributed by atoms with Gasteiger partial charge in [-0.25, -0.2) is 13.1 Å². The summed E-state index contributed by atoms with van der Waals surface area (Å²) in [6.45, 7) is 8.34. The van der Waals surface area contributed by atoms with Crippen molar-refractivity contribution in [1.82, 2.24) is 4.72 Å². The third-order valence-corrected chi connectivity index (χ3v) is 6.94. The minimum atomic E-state index is -3.52. The Bertz CT molecular complexity index is 894. The molecular weight excluding hydrogens is 380 g/mol. The maximum Gasteiger partial charge on any atom is 0.255 e. The van der Waals surface area contributed by atoms with Gasteiger partial charge in [-0.1, -0.05) is 20.8 Å². The van der Waals surface area contributed by atoms with Crippen molar-refractivity contribution in [2.45, 2.75) is 49.2 Å². The lowest BCUT2D eigenvalue weighted by atomic mass is 10.1. The third kappa shape index (κ3) is 5.82. The van der Waals surface area contributed by atoms with Crippen molar-refractivity contribution in [1.29, 1.82) is 0 Å². The van der Waals surface area contributed by atoms with Gasteiger partial charge in [0.05, 0.1) is 4.90 Å². The van der Waals surface area contributed by atoms with Gasteiger partial charge >= 0.3 is 0 Å². The van der Waals surface area contributed by atoms with Crippen LogP contribution in [0.1, 0.15) is 43.1 Å². The van der Waals surface area contributed by atoms with Crippen LogP contribution >= 0.6 is 11.8 Å². The zero-order valence-electron chi connectivity index (χ0n) is 16.1. The molecule has 1 atom stereocenters. The Balaban J connectivity index is 2.11.